The Morgan fingerprint density at radius 1 is 0.208 bits per heavy atom. The molecule has 0 fully saturated rings. The van der Waals surface area contributed by atoms with Crippen molar-refractivity contribution in [1.82, 2.24) is 0 Å². The lowest BCUT2D eigenvalue weighted by atomic mass is 10.1. The van der Waals surface area contributed by atoms with Gasteiger partial charge in [0, 0.05) is 42.4 Å². The lowest BCUT2D eigenvalue weighted by molar-refractivity contribution is 0.153. The third kappa shape index (κ3) is 28.6. The first-order chi connectivity index (χ1) is 56.6. The van der Waals surface area contributed by atoms with Gasteiger partial charge in [0.1, 0.15) is 46.8 Å². The van der Waals surface area contributed by atoms with Crippen molar-refractivity contribution in [2.45, 2.75) is 211 Å². The van der Waals surface area contributed by atoms with E-state index in [0.717, 1.165) is 0 Å². The summed E-state index contributed by atoms with van der Waals surface area (Å²) in [5.74, 6) is -9.42. The molecule has 0 saturated carbocycles. The van der Waals surface area contributed by atoms with Crippen LogP contribution in [0.2, 0.25) is 0 Å². The van der Waals surface area contributed by atoms with Gasteiger partial charge in [0.15, 0.2) is 0 Å². The van der Waals surface area contributed by atoms with Gasteiger partial charge in [-0.1, -0.05) is 256 Å². The van der Waals surface area contributed by atoms with Gasteiger partial charge in [-0.3, -0.25) is 36.5 Å². The Labute approximate surface area is 717 Å². The summed E-state index contributed by atoms with van der Waals surface area (Å²) in [6, 6.07) is 70.6. The van der Waals surface area contributed by atoms with E-state index in [0.29, 0.717) is 68.1 Å². The second-order valence-electron chi connectivity index (χ2n) is 32.5. The van der Waals surface area contributed by atoms with E-state index >= 15 is 0 Å². The molecule has 8 rings (SSSR count). The molecule has 0 aliphatic heterocycles. The lowest BCUT2D eigenvalue weighted by Crippen LogP contribution is -2.30. The van der Waals surface area contributed by atoms with E-state index in [1.807, 2.05) is 104 Å². The van der Waals surface area contributed by atoms with Gasteiger partial charge in [0.05, 0.1) is 26.4 Å². The summed E-state index contributed by atoms with van der Waals surface area (Å²) in [4.78, 5) is 0. The normalized spacial score (nSPS) is 18.0. The summed E-state index contributed by atoms with van der Waals surface area (Å²) in [5.41, 5.74) is 0. The maximum atomic E-state index is 14.2. The van der Waals surface area contributed by atoms with E-state index in [9.17, 15) is 56.9 Å². The van der Waals surface area contributed by atoms with Gasteiger partial charge in [-0.25, -0.2) is 0 Å². The Balaban J connectivity index is 0.000000285. The van der Waals surface area contributed by atoms with Gasteiger partial charge >= 0.3 is 0 Å². The first-order valence-electron chi connectivity index (χ1n) is 41.9. The van der Waals surface area contributed by atoms with Gasteiger partial charge < -0.3 is 56.6 Å². The van der Waals surface area contributed by atoms with Crippen LogP contribution < -0.4 is 42.4 Å². The first kappa shape index (κ1) is 106. The van der Waals surface area contributed by atoms with Crippen LogP contribution in [0.1, 0.15) is 164 Å². The molecule has 20 nitrogen and oxygen atoms in total. The van der Waals surface area contributed by atoms with Crippen LogP contribution in [-0.2, 0) is 72.7 Å². The van der Waals surface area contributed by atoms with Gasteiger partial charge in [-0.2, -0.15) is 0 Å². The highest BCUT2D eigenvalue weighted by Crippen LogP contribution is 2.67. The first-order valence-corrected chi connectivity index (χ1v) is 55.4. The molecule has 120 heavy (non-hydrogen) atoms. The maximum absolute atomic E-state index is 14.2. The van der Waals surface area contributed by atoms with E-state index in [4.69, 9.17) is 36.2 Å². The molecular weight excluding hydrogens is 1670 g/mol. The largest absolute Gasteiger partial charge is 0.382 e. The molecule has 0 amide bonds. The van der Waals surface area contributed by atoms with Crippen molar-refractivity contribution in [2.75, 3.05) is 26.4 Å². The molecule has 4 N–H and O–H groups in total. The van der Waals surface area contributed by atoms with Crippen LogP contribution in [0.5, 0.6) is 0 Å². The molecule has 0 heterocycles. The van der Waals surface area contributed by atoms with E-state index in [1.165, 1.54) is 0 Å². The van der Waals surface area contributed by atoms with Crippen LogP contribution in [0, 0.1) is 47.3 Å². The third-order valence-corrected chi connectivity index (χ3v) is 42.4. The topological polar surface area (TPSA) is 291 Å². The molecule has 0 aliphatic carbocycles. The molecule has 0 bridgehead atoms. The second kappa shape index (κ2) is 49.9. The third-order valence-electron chi connectivity index (χ3n) is 19.3. The Morgan fingerprint density at radius 2 is 0.325 bits per heavy atom. The Kier molecular flexibility index (Phi) is 43.9. The molecule has 664 valence electrons. The minimum Gasteiger partial charge on any atom is -0.382 e. The van der Waals surface area contributed by atoms with Crippen molar-refractivity contribution >= 4 is 101 Å². The molecule has 8 aromatic rings. The molecule has 0 aliphatic rings. The average Bonchev–Trinajstić information content (AvgIpc) is 0.781. The summed E-state index contributed by atoms with van der Waals surface area (Å²) >= 11 is 0. The predicted molar refractivity (Wildman–Crippen MR) is 497 cm³/mol. The maximum Gasteiger partial charge on any atom is 0.260 e. The fraction of sp³-hybridized carbons (Fsp3) is 0.478. The molecule has 0 aromatic heterocycles. The van der Waals surface area contributed by atoms with Crippen molar-refractivity contribution in [2.24, 2.45) is 47.3 Å². The fourth-order valence-corrected chi connectivity index (χ4v) is 35.6. The monoisotopic (exact) mass is 1810 g/mol. The number of benzene rings is 8. The van der Waals surface area contributed by atoms with E-state index < -0.39 is 106 Å². The highest BCUT2D eigenvalue weighted by Gasteiger charge is 2.51. The van der Waals surface area contributed by atoms with E-state index in [-0.39, 0.29) is 73.8 Å². The van der Waals surface area contributed by atoms with Gasteiger partial charge in [0.2, 0.25) is 0 Å². The molecule has 8 aromatic carbocycles. The highest BCUT2D eigenvalue weighted by atomic mass is 31.2. The van der Waals surface area contributed by atoms with Crippen molar-refractivity contribution in [3.63, 3.8) is 0 Å². The fourth-order valence-electron chi connectivity index (χ4n) is 13.1. The van der Waals surface area contributed by atoms with Crippen LogP contribution in [0.4, 0.5) is 0 Å². The zero-order valence-corrected chi connectivity index (χ0v) is 81.0. The minimum absolute atomic E-state index is 0.118. The SMILES string of the molecule is CCO[P@@](=O)(c1ccccc1)[C@H](CC(C)C)O[P@](=O)(c1ccccc1)[C@H](O)C(C)C.CCO[P@](=O)(c1ccccc1)[C@@H](CC(C)C)O[P@@](=O)(c1ccccc1)[C@@H](O)C(C)C.CCO[P@](=O)(c1ccccc1)[C@@H](CC(C)C)O[P@@](=O)(c1ccccc1)[C@@H](O)C(C)C.CCO[P@](=O)(c1ccccc1)[C@@H](CC(C)C)O[P@@](=O)(c1ccccc1)[C@@H](O)C(C)C. The van der Waals surface area contributed by atoms with Crippen LogP contribution in [0.15, 0.2) is 243 Å². The van der Waals surface area contributed by atoms with Gasteiger partial charge in [-0.15, -0.1) is 0 Å². The number of hydrogen-bond acceptors (Lipinski definition) is 20. The number of aliphatic hydroxyl groups is 4. The van der Waals surface area contributed by atoms with E-state index in [1.54, 1.807) is 277 Å². The standard InChI is InChI=1S/4C23H34O5P2/c4*1-6-27-29(25,20-13-9-7-10-14-20)22(17-18(2)3)28-30(26,23(24)19(4)5)21-15-11-8-12-16-21/h4*7-16,18-19,22-24H,6,17H2,1-5H3/t4*22-,23+,29+,30-/m1000/s1. The lowest BCUT2D eigenvalue weighted by Gasteiger charge is -2.34. The van der Waals surface area contributed by atoms with E-state index in [2.05, 4.69) is 0 Å². The zero-order valence-electron chi connectivity index (χ0n) is 73.9. The van der Waals surface area contributed by atoms with Crippen molar-refractivity contribution in [1.29, 1.82) is 0 Å². The number of rotatable bonds is 44. The van der Waals surface area contributed by atoms with Gasteiger partial charge in [0.25, 0.3) is 59.0 Å². The summed E-state index contributed by atoms with van der Waals surface area (Å²) in [7, 11) is -29.2. The molecule has 0 saturated heterocycles. The molecule has 0 radical (unpaired) electrons. The van der Waals surface area contributed by atoms with Crippen molar-refractivity contribution in [3.8, 4) is 0 Å². The second-order valence-corrected chi connectivity index (χ2v) is 52.5. The smallest absolute Gasteiger partial charge is 0.260 e. The predicted octanol–water partition coefficient (Wildman–Crippen LogP) is 22.4. The number of hydrogen-bond donors (Lipinski definition) is 4. The Hall–Kier alpha value is -4.88. The number of aliphatic hydroxyl groups excluding tert-OH is 4. The summed E-state index contributed by atoms with van der Waals surface area (Å²) in [6.45, 7) is 38.3. The minimum atomic E-state index is -3.77. The van der Waals surface area contributed by atoms with Gasteiger partial charge in [-0.05, 0) is 198 Å². The molecule has 28 heteroatoms. The van der Waals surface area contributed by atoms with Crippen LogP contribution >= 0.6 is 59.0 Å². The Morgan fingerprint density at radius 3 is 0.425 bits per heavy atom. The molecule has 16 atom stereocenters. The quantitative estimate of drug-likeness (QED) is 0.0258. The zero-order chi connectivity index (χ0) is 89.5. The Bertz CT molecular complexity index is 4060. The van der Waals surface area contributed by atoms with Crippen LogP contribution in [-0.4, -0.2) is 93.6 Å². The van der Waals surface area contributed by atoms with Crippen LogP contribution in [0.3, 0.4) is 0 Å². The molecular formula is C92H136O20P8. The average molecular weight is 1810 g/mol. The summed E-state index contributed by atoms with van der Waals surface area (Å²) < 4.78 is 162. The highest BCUT2D eigenvalue weighted by molar-refractivity contribution is 7.72. The van der Waals surface area contributed by atoms with Crippen molar-refractivity contribution < 1.29 is 93.1 Å². The summed E-state index contributed by atoms with van der Waals surface area (Å²) in [5, 5.41) is 47.5. The molecule has 0 spiro atoms. The molecule has 0 unspecified atom stereocenters. The van der Waals surface area contributed by atoms with Crippen molar-refractivity contribution in [3.05, 3.63) is 243 Å². The summed E-state index contributed by atoms with van der Waals surface area (Å²) in [6.07, 6.45) is 1.53. The van der Waals surface area contributed by atoms with Crippen LogP contribution in [0.25, 0.3) is 0 Å².